The zero-order valence-electron chi connectivity index (χ0n) is 17.7. The molecule has 2 aromatic carbocycles. The average molecular weight is 435 g/mol. The molecule has 1 aliphatic rings. The number of nitrogens with two attached hydrogens (primary N) is 1. The van der Waals surface area contributed by atoms with Crippen LogP contribution in [0.25, 0.3) is 22.3 Å². The summed E-state index contributed by atoms with van der Waals surface area (Å²) >= 11 is 0. The third-order valence-corrected chi connectivity index (χ3v) is 5.83. The van der Waals surface area contributed by atoms with Crippen LogP contribution in [0.5, 0.6) is 0 Å². The number of halogens is 2. The van der Waals surface area contributed by atoms with Crippen molar-refractivity contribution in [3.63, 3.8) is 0 Å². The maximum Gasteiger partial charge on any atom is 0.228 e. The molecular weight excluding hydrogens is 412 g/mol. The Morgan fingerprint density at radius 3 is 2.38 bits per heavy atom. The quantitative estimate of drug-likeness (QED) is 0.531. The maximum atomic E-state index is 14.6. The molecule has 0 spiro atoms. The topological polar surface area (TPSA) is 76.1 Å². The number of aryl methyl sites for hydroxylation is 1. The molecule has 1 saturated heterocycles. The fraction of sp³-hybridized carbons (Fsp3) is 0.261. The van der Waals surface area contributed by atoms with Crippen LogP contribution in [0.2, 0.25) is 0 Å². The molecule has 0 radical (unpaired) electrons. The number of benzene rings is 2. The number of rotatable bonds is 4. The Kier molecular flexibility index (Phi) is 5.18. The van der Waals surface area contributed by atoms with Crippen molar-refractivity contribution in [1.82, 2.24) is 24.6 Å². The molecule has 0 saturated carbocycles. The van der Waals surface area contributed by atoms with Crippen molar-refractivity contribution in [3.8, 4) is 11.3 Å². The highest BCUT2D eigenvalue weighted by Crippen LogP contribution is 2.33. The van der Waals surface area contributed by atoms with E-state index in [1.54, 1.807) is 25.2 Å². The van der Waals surface area contributed by atoms with Crippen molar-refractivity contribution in [2.24, 2.45) is 7.05 Å². The minimum atomic E-state index is -0.370. The summed E-state index contributed by atoms with van der Waals surface area (Å²) in [6.45, 7) is 3.79. The lowest BCUT2D eigenvalue weighted by atomic mass is 10.1. The van der Waals surface area contributed by atoms with Gasteiger partial charge in [0, 0.05) is 45.3 Å². The molecule has 3 heterocycles. The van der Waals surface area contributed by atoms with Crippen LogP contribution < -0.4 is 10.6 Å². The number of nitrogens with zero attached hydrogens (tertiary/aromatic N) is 6. The van der Waals surface area contributed by atoms with Gasteiger partial charge in [0.25, 0.3) is 0 Å². The zero-order valence-corrected chi connectivity index (χ0v) is 17.7. The molecule has 0 bridgehead atoms. The summed E-state index contributed by atoms with van der Waals surface area (Å²) in [6.07, 6.45) is 0. The minimum absolute atomic E-state index is 0.230. The van der Waals surface area contributed by atoms with Crippen LogP contribution in [0, 0.1) is 11.6 Å². The molecule has 7 nitrogen and oxygen atoms in total. The minimum Gasteiger partial charge on any atom is -0.383 e. The molecule has 2 aromatic heterocycles. The van der Waals surface area contributed by atoms with Gasteiger partial charge in [-0.1, -0.05) is 24.3 Å². The first-order chi connectivity index (χ1) is 15.5. The van der Waals surface area contributed by atoms with E-state index in [4.69, 9.17) is 10.7 Å². The number of hydrogen-bond acceptors (Lipinski definition) is 6. The van der Waals surface area contributed by atoms with Gasteiger partial charge in [0.05, 0.1) is 11.1 Å². The predicted molar refractivity (Wildman–Crippen MR) is 120 cm³/mol. The fourth-order valence-corrected chi connectivity index (χ4v) is 4.05. The van der Waals surface area contributed by atoms with Crippen molar-refractivity contribution in [1.29, 1.82) is 0 Å². The Morgan fingerprint density at radius 2 is 1.66 bits per heavy atom. The van der Waals surface area contributed by atoms with Crippen molar-refractivity contribution in [3.05, 3.63) is 65.7 Å². The van der Waals surface area contributed by atoms with Crippen molar-refractivity contribution in [2.75, 3.05) is 36.8 Å². The van der Waals surface area contributed by atoms with Crippen LogP contribution >= 0.6 is 0 Å². The number of aromatic nitrogens is 4. The molecular formula is C23H23F2N7. The monoisotopic (exact) mass is 435 g/mol. The second-order valence-corrected chi connectivity index (χ2v) is 7.95. The molecule has 32 heavy (non-hydrogen) atoms. The highest BCUT2D eigenvalue weighted by Gasteiger charge is 2.24. The van der Waals surface area contributed by atoms with E-state index < -0.39 is 0 Å². The van der Waals surface area contributed by atoms with Gasteiger partial charge in [-0.2, -0.15) is 10.1 Å². The maximum absolute atomic E-state index is 14.6. The predicted octanol–water partition coefficient (Wildman–Crippen LogP) is 3.21. The molecule has 5 rings (SSSR count). The van der Waals surface area contributed by atoms with Gasteiger partial charge in [-0.3, -0.25) is 9.58 Å². The van der Waals surface area contributed by atoms with Crippen molar-refractivity contribution >= 4 is 22.8 Å². The van der Waals surface area contributed by atoms with Gasteiger partial charge in [-0.25, -0.2) is 13.8 Å². The summed E-state index contributed by atoms with van der Waals surface area (Å²) in [4.78, 5) is 13.7. The first-order valence-electron chi connectivity index (χ1n) is 10.5. The van der Waals surface area contributed by atoms with E-state index in [2.05, 4.69) is 19.9 Å². The highest BCUT2D eigenvalue weighted by molar-refractivity contribution is 5.99. The van der Waals surface area contributed by atoms with E-state index in [9.17, 15) is 8.78 Å². The van der Waals surface area contributed by atoms with Crippen LogP contribution in [-0.4, -0.2) is 50.8 Å². The second kappa shape index (κ2) is 8.16. The molecule has 4 aromatic rings. The number of hydrogen-bond donors (Lipinski definition) is 1. The third kappa shape index (κ3) is 3.75. The van der Waals surface area contributed by atoms with E-state index in [1.165, 1.54) is 22.9 Å². The number of anilines is 2. The number of nitrogen functional groups attached to an aromatic ring is 1. The van der Waals surface area contributed by atoms with Gasteiger partial charge < -0.3 is 10.6 Å². The van der Waals surface area contributed by atoms with Crippen LogP contribution in [0.4, 0.5) is 20.5 Å². The Balaban J connectivity index is 1.43. The molecule has 1 aliphatic heterocycles. The lowest BCUT2D eigenvalue weighted by Crippen LogP contribution is -2.46. The van der Waals surface area contributed by atoms with E-state index in [0.717, 1.165) is 25.2 Å². The SMILES string of the molecule is Cn1nc2nc(N3CCN(Cc4ccc(F)cc4)CC3)nc(-c3ccccc3F)c2c1N. The van der Waals surface area contributed by atoms with E-state index in [0.29, 0.717) is 47.1 Å². The molecule has 0 unspecified atom stereocenters. The first-order valence-corrected chi connectivity index (χ1v) is 10.5. The smallest absolute Gasteiger partial charge is 0.228 e. The van der Waals surface area contributed by atoms with Crippen LogP contribution in [0.1, 0.15) is 5.56 Å². The van der Waals surface area contributed by atoms with Crippen LogP contribution in [-0.2, 0) is 13.6 Å². The van der Waals surface area contributed by atoms with E-state index in [1.807, 2.05) is 12.1 Å². The van der Waals surface area contributed by atoms with E-state index >= 15 is 0 Å². The zero-order chi connectivity index (χ0) is 22.2. The van der Waals surface area contributed by atoms with Gasteiger partial charge in [0.15, 0.2) is 5.65 Å². The lowest BCUT2D eigenvalue weighted by molar-refractivity contribution is 0.248. The van der Waals surface area contributed by atoms with Gasteiger partial charge in [-0.05, 0) is 29.8 Å². The Bertz CT molecular complexity index is 1260. The largest absolute Gasteiger partial charge is 0.383 e. The summed E-state index contributed by atoms with van der Waals surface area (Å²) in [7, 11) is 1.73. The molecule has 164 valence electrons. The van der Waals surface area contributed by atoms with Gasteiger partial charge >= 0.3 is 0 Å². The Hall–Kier alpha value is -3.59. The second-order valence-electron chi connectivity index (χ2n) is 7.95. The summed E-state index contributed by atoms with van der Waals surface area (Å²) < 4.78 is 29.3. The van der Waals surface area contributed by atoms with Crippen LogP contribution in [0.15, 0.2) is 48.5 Å². The van der Waals surface area contributed by atoms with Crippen molar-refractivity contribution < 1.29 is 8.78 Å². The summed E-state index contributed by atoms with van der Waals surface area (Å²) in [5.41, 5.74) is 8.55. The lowest BCUT2D eigenvalue weighted by Gasteiger charge is -2.34. The van der Waals surface area contributed by atoms with Gasteiger partial charge in [0.2, 0.25) is 5.95 Å². The highest BCUT2D eigenvalue weighted by atomic mass is 19.1. The van der Waals surface area contributed by atoms with Gasteiger partial charge in [0.1, 0.15) is 17.5 Å². The summed E-state index contributed by atoms with van der Waals surface area (Å²) in [5, 5.41) is 4.96. The summed E-state index contributed by atoms with van der Waals surface area (Å²) in [6, 6.07) is 13.1. The van der Waals surface area contributed by atoms with Crippen LogP contribution in [0.3, 0.4) is 0 Å². The van der Waals surface area contributed by atoms with Gasteiger partial charge in [-0.15, -0.1) is 0 Å². The molecule has 0 aliphatic carbocycles. The number of fused-ring (bicyclic) bond motifs is 1. The molecule has 0 atom stereocenters. The molecule has 2 N–H and O–H groups in total. The molecule has 0 amide bonds. The molecule has 1 fully saturated rings. The fourth-order valence-electron chi connectivity index (χ4n) is 4.05. The standard InChI is InChI=1S/C23H23F2N7/c1-30-21(26)19-20(17-4-2-3-5-18(17)25)27-23(28-22(19)29-30)32-12-10-31(11-13-32)14-15-6-8-16(24)9-7-15/h2-9H,10-14,26H2,1H3. The third-order valence-electron chi connectivity index (χ3n) is 5.83. The number of piperazine rings is 1. The first kappa shape index (κ1) is 20.3. The Labute approximate surface area is 184 Å². The average Bonchev–Trinajstić information content (AvgIpc) is 3.09. The van der Waals surface area contributed by atoms with E-state index in [-0.39, 0.29) is 11.6 Å². The van der Waals surface area contributed by atoms with Crippen molar-refractivity contribution in [2.45, 2.75) is 6.54 Å². The normalized spacial score (nSPS) is 14.9. The summed E-state index contributed by atoms with van der Waals surface area (Å²) in [5.74, 6) is 0.307. The molecule has 9 heteroatoms. The Morgan fingerprint density at radius 1 is 0.938 bits per heavy atom.